The van der Waals surface area contributed by atoms with Crippen molar-refractivity contribution in [3.8, 4) is 0 Å². The lowest BCUT2D eigenvalue weighted by Gasteiger charge is -2.49. The first-order chi connectivity index (χ1) is 21.6. The summed E-state index contributed by atoms with van der Waals surface area (Å²) in [6.07, 6.45) is 7.68. The number of anilines is 1. The van der Waals surface area contributed by atoms with Crippen LogP contribution in [0.4, 0.5) is 10.7 Å². The van der Waals surface area contributed by atoms with Gasteiger partial charge in [0, 0.05) is 16.8 Å². The van der Waals surface area contributed by atoms with E-state index in [0.717, 1.165) is 48.0 Å². The van der Waals surface area contributed by atoms with Gasteiger partial charge in [0.05, 0.1) is 24.2 Å². The van der Waals surface area contributed by atoms with Gasteiger partial charge in [-0.3, -0.25) is 14.5 Å². The molecule has 13 nitrogen and oxygen atoms in total. The first kappa shape index (κ1) is 29.8. The molecule has 4 saturated carbocycles. The van der Waals surface area contributed by atoms with E-state index in [1.807, 2.05) is 24.3 Å². The molecule has 5 unspecified atom stereocenters. The average molecular weight is 639 g/mol. The largest absolute Gasteiger partial charge is 0.563 e. The van der Waals surface area contributed by atoms with Crippen LogP contribution in [0.3, 0.4) is 0 Å². The molecular weight excluding hydrogens is 598 g/mol. The maximum atomic E-state index is 12.9. The number of hydrogen-bond donors (Lipinski definition) is 5. The number of para-hydroxylation sites is 2. The third kappa shape index (κ3) is 5.57. The molecule has 5 fully saturated rings. The molecule has 3 bridgehead atoms. The standard InChI is InChI=1S/C31H39N7O6S/c39-24(14-38-25(40)22(36-28(38)45)6-3-7-32-27-34-20-4-1-2-5-21(20)35-27)33-13-23(26(41)42)37-29(43)44-16-30-10-17-8-18-9-19(12-30)31(18,11-17)15-30/h1-2,4-5,17-19,22-23H,3,6-16H2,(H,33,39)(H,36,45)(H,37,43)(H,41,42)(H2,32,34,35)/p+1/t17?,18?,19?,22-,23-,30?,31?/m0/s1. The Morgan fingerprint density at radius 1 is 1.18 bits per heavy atom. The van der Waals surface area contributed by atoms with E-state index in [4.69, 9.17) is 22.1 Å². The molecule has 7 atom stereocenters. The Bertz CT molecular complexity index is 1510. The zero-order valence-electron chi connectivity index (χ0n) is 25.0. The smallest absolute Gasteiger partial charge is 0.540 e. The fraction of sp³-hybridized carbons (Fsp3) is 0.613. The van der Waals surface area contributed by atoms with Gasteiger partial charge in [0.25, 0.3) is 5.91 Å². The molecule has 1 aromatic carbocycles. The molecule has 2 aromatic rings. The second kappa shape index (κ2) is 11.5. The van der Waals surface area contributed by atoms with Crippen LogP contribution >= 0.6 is 12.2 Å². The SMILES string of the molecule is O=C(CN1C(=O)[C@H](CCCNc2nc3ccccc3[nH]2)NC1=S)NC[C@H](NC(=O)OCC12CC3CC4CC(C1)C4(C3)C2)C(=O)[OH2+]. The number of benzene rings is 1. The van der Waals surface area contributed by atoms with Crippen LogP contribution in [-0.4, -0.2) is 87.3 Å². The molecule has 1 aliphatic heterocycles. The lowest BCUT2D eigenvalue weighted by atomic mass is 9.55. The Labute approximate surface area is 265 Å². The molecule has 240 valence electrons. The maximum absolute atomic E-state index is 12.9. The molecule has 1 spiro atoms. The predicted molar refractivity (Wildman–Crippen MR) is 168 cm³/mol. The van der Waals surface area contributed by atoms with Crippen molar-refractivity contribution in [3.63, 3.8) is 0 Å². The van der Waals surface area contributed by atoms with Crippen molar-refractivity contribution in [1.29, 1.82) is 0 Å². The van der Waals surface area contributed by atoms with Crippen molar-refractivity contribution in [2.45, 2.75) is 63.5 Å². The lowest BCUT2D eigenvalue weighted by molar-refractivity contribution is -0.139. The van der Waals surface area contributed by atoms with Crippen molar-refractivity contribution < 1.29 is 29.0 Å². The predicted octanol–water partition coefficient (Wildman–Crippen LogP) is 1.52. The Morgan fingerprint density at radius 2 is 2.02 bits per heavy atom. The minimum Gasteiger partial charge on any atom is -0.563 e. The molecule has 3 amide bonds. The summed E-state index contributed by atoms with van der Waals surface area (Å²) in [5.41, 5.74) is 2.31. The van der Waals surface area contributed by atoms with E-state index in [0.29, 0.717) is 37.4 Å². The number of amides is 3. The number of aromatic nitrogens is 2. The number of imidazole rings is 1. The summed E-state index contributed by atoms with van der Waals surface area (Å²) >= 11 is 5.30. The van der Waals surface area contributed by atoms with Crippen molar-refractivity contribution in [1.82, 2.24) is 30.8 Å². The number of carbonyl (C=O) groups excluding carboxylic acids is 4. The Hall–Kier alpha value is -3.94. The van der Waals surface area contributed by atoms with Crippen molar-refractivity contribution >= 4 is 58.2 Å². The number of hydrogen-bond acceptors (Lipinski definition) is 8. The van der Waals surface area contributed by atoms with Crippen LogP contribution in [0.1, 0.15) is 51.4 Å². The number of carbonyl (C=O) groups is 4. The number of aromatic amines is 1. The summed E-state index contributed by atoms with van der Waals surface area (Å²) in [7, 11) is 0. The third-order valence-corrected chi connectivity index (χ3v) is 11.3. The van der Waals surface area contributed by atoms with Crippen LogP contribution in [-0.2, 0) is 19.1 Å². The number of ether oxygens (including phenoxy) is 1. The molecule has 1 aromatic heterocycles. The van der Waals surface area contributed by atoms with Gasteiger partial charge in [0.15, 0.2) is 5.11 Å². The minimum atomic E-state index is -1.27. The quantitative estimate of drug-likeness (QED) is 0.124. The number of H-pyrrole nitrogens is 1. The van der Waals surface area contributed by atoms with E-state index in [1.165, 1.54) is 24.2 Å². The summed E-state index contributed by atoms with van der Waals surface area (Å²) < 4.78 is 5.62. The maximum Gasteiger partial charge on any atom is 0.540 e. The Morgan fingerprint density at radius 3 is 2.84 bits per heavy atom. The molecule has 7 rings (SSSR count). The van der Waals surface area contributed by atoms with E-state index in [2.05, 4.69) is 31.2 Å². The van der Waals surface area contributed by atoms with Gasteiger partial charge in [-0.25, -0.2) is 9.78 Å². The highest BCUT2D eigenvalue weighted by Gasteiger charge is 2.70. The van der Waals surface area contributed by atoms with Crippen molar-refractivity contribution in [3.05, 3.63) is 24.3 Å². The highest BCUT2D eigenvalue weighted by molar-refractivity contribution is 7.80. The van der Waals surface area contributed by atoms with E-state index in [9.17, 15) is 19.2 Å². The fourth-order valence-electron chi connectivity index (χ4n) is 9.20. The summed E-state index contributed by atoms with van der Waals surface area (Å²) in [6.45, 7) is 0.273. The lowest BCUT2D eigenvalue weighted by Crippen LogP contribution is -2.51. The second-order valence-corrected chi connectivity index (χ2v) is 14.2. The number of alkyl carbamates (subject to hydrolysis) is 1. The number of nitrogens with one attached hydrogen (secondary N) is 5. The molecule has 7 N–H and O–H groups in total. The Balaban J connectivity index is 0.828. The molecule has 1 saturated heterocycles. The second-order valence-electron chi connectivity index (χ2n) is 13.8. The van der Waals surface area contributed by atoms with E-state index < -0.39 is 30.1 Å². The van der Waals surface area contributed by atoms with Gasteiger partial charge in [-0.15, -0.1) is 0 Å². The van der Waals surface area contributed by atoms with Gasteiger partial charge in [-0.05, 0) is 98.9 Å². The Kier molecular flexibility index (Phi) is 7.57. The minimum absolute atomic E-state index is 0.0303. The van der Waals surface area contributed by atoms with Crippen molar-refractivity contribution in [2.24, 2.45) is 28.6 Å². The van der Waals surface area contributed by atoms with Crippen LogP contribution in [0, 0.1) is 28.6 Å². The molecule has 14 heteroatoms. The third-order valence-electron chi connectivity index (χ3n) is 11.0. The summed E-state index contributed by atoms with van der Waals surface area (Å²) in [5, 5.41) is 18.9. The zero-order chi connectivity index (χ0) is 31.3. The van der Waals surface area contributed by atoms with Crippen LogP contribution in [0.15, 0.2) is 24.3 Å². The summed E-state index contributed by atoms with van der Waals surface area (Å²) in [4.78, 5) is 59.1. The molecule has 0 radical (unpaired) electrons. The molecule has 2 heterocycles. The normalized spacial score (nSPS) is 31.3. The van der Waals surface area contributed by atoms with Crippen molar-refractivity contribution in [2.75, 3.05) is 31.6 Å². The number of fused-ring (bicyclic) bond motifs is 3. The molecule has 5 aliphatic rings. The van der Waals surface area contributed by atoms with Gasteiger partial charge in [-0.1, -0.05) is 12.1 Å². The van der Waals surface area contributed by atoms with E-state index in [-0.39, 0.29) is 29.5 Å². The highest BCUT2D eigenvalue weighted by Crippen LogP contribution is 2.78. The first-order valence-electron chi connectivity index (χ1n) is 15.9. The summed E-state index contributed by atoms with van der Waals surface area (Å²) in [6, 6.07) is 5.90. The van der Waals surface area contributed by atoms with E-state index >= 15 is 0 Å². The van der Waals surface area contributed by atoms with Gasteiger partial charge in [0.2, 0.25) is 17.9 Å². The molecular formula is C31H40N7O6S+. The topological polar surface area (TPSA) is 180 Å². The van der Waals surface area contributed by atoms with Crippen LogP contribution < -0.4 is 21.3 Å². The number of thiocarbonyl (C=S) groups is 1. The number of rotatable bonds is 13. The van der Waals surface area contributed by atoms with Crippen LogP contribution in [0.5, 0.6) is 0 Å². The zero-order valence-corrected chi connectivity index (χ0v) is 25.8. The summed E-state index contributed by atoms with van der Waals surface area (Å²) in [5.74, 6) is 1.07. The van der Waals surface area contributed by atoms with Gasteiger partial charge < -0.3 is 36.1 Å². The fourth-order valence-corrected chi connectivity index (χ4v) is 9.50. The number of nitrogens with zero attached hydrogens (tertiary/aromatic N) is 2. The van der Waals surface area contributed by atoms with Crippen LogP contribution in [0.2, 0.25) is 0 Å². The van der Waals surface area contributed by atoms with Gasteiger partial charge >= 0.3 is 12.1 Å². The van der Waals surface area contributed by atoms with Gasteiger partial charge in [0.1, 0.15) is 12.6 Å². The van der Waals surface area contributed by atoms with Crippen LogP contribution in [0.25, 0.3) is 11.0 Å². The highest BCUT2D eigenvalue weighted by atomic mass is 32.1. The average Bonchev–Trinajstić information content (AvgIpc) is 3.65. The molecule has 45 heavy (non-hydrogen) atoms. The monoisotopic (exact) mass is 638 g/mol. The van der Waals surface area contributed by atoms with Gasteiger partial charge in [-0.2, -0.15) is 0 Å². The molecule has 4 aliphatic carbocycles. The van der Waals surface area contributed by atoms with E-state index in [1.54, 1.807) is 0 Å². The first-order valence-corrected chi connectivity index (χ1v) is 16.3.